The number of aryl methyl sites for hydroxylation is 1. The maximum Gasteiger partial charge on any atom is 0.329 e. The molecule has 1 N–H and O–H groups in total. The van der Waals surface area contributed by atoms with Gasteiger partial charge in [-0.25, -0.2) is 4.79 Å². The maximum atomic E-state index is 12.7. The Hall–Kier alpha value is -2.69. The van der Waals surface area contributed by atoms with Gasteiger partial charge in [0.15, 0.2) is 5.78 Å². The Bertz CT molecular complexity index is 989. The number of aliphatic hydroxyl groups is 1. The summed E-state index contributed by atoms with van der Waals surface area (Å²) in [6, 6.07) is 4.82. The summed E-state index contributed by atoms with van der Waals surface area (Å²) in [5.41, 5.74) is 1.83. The molecule has 0 spiro atoms. The summed E-state index contributed by atoms with van der Waals surface area (Å²) < 4.78 is 8.27. The van der Waals surface area contributed by atoms with Gasteiger partial charge in [-0.3, -0.25) is 18.7 Å². The molecule has 0 aliphatic heterocycles. The van der Waals surface area contributed by atoms with E-state index in [-0.39, 0.29) is 36.9 Å². The molecule has 1 saturated carbocycles. The number of hydrogen-bond donors (Lipinski definition) is 1. The van der Waals surface area contributed by atoms with Crippen LogP contribution in [-0.2, 0) is 21.4 Å². The van der Waals surface area contributed by atoms with Gasteiger partial charge in [-0.05, 0) is 31.0 Å². The molecular weight excluding hydrogens is 348 g/mol. The Kier molecular flexibility index (Phi) is 5.89. The average molecular weight is 370 g/mol. The van der Waals surface area contributed by atoms with Crippen LogP contribution < -0.4 is 5.69 Å². The molecule has 1 fully saturated rings. The second kappa shape index (κ2) is 8.33. The molecule has 0 amide bonds. The van der Waals surface area contributed by atoms with Crippen LogP contribution in [-0.4, -0.2) is 45.6 Å². The smallest absolute Gasteiger partial charge is 0.329 e. The molecular formula is C20H22N2O5. The van der Waals surface area contributed by atoms with Crippen molar-refractivity contribution in [1.82, 2.24) is 9.13 Å². The van der Waals surface area contributed by atoms with Crippen molar-refractivity contribution < 1.29 is 19.4 Å². The molecule has 2 aromatic rings. The first-order chi connectivity index (χ1) is 13.0. The summed E-state index contributed by atoms with van der Waals surface area (Å²) in [6.07, 6.45) is 1.16. The van der Waals surface area contributed by atoms with E-state index in [0.29, 0.717) is 36.9 Å². The van der Waals surface area contributed by atoms with Crippen molar-refractivity contribution in [3.8, 4) is 11.8 Å². The molecule has 27 heavy (non-hydrogen) atoms. The highest BCUT2D eigenvalue weighted by atomic mass is 16.5. The van der Waals surface area contributed by atoms with Gasteiger partial charge in [0.05, 0.1) is 30.1 Å². The second-order valence-corrected chi connectivity index (χ2v) is 6.58. The minimum absolute atomic E-state index is 0.0664. The van der Waals surface area contributed by atoms with Crippen LogP contribution in [0.2, 0.25) is 0 Å². The first-order valence-corrected chi connectivity index (χ1v) is 8.95. The van der Waals surface area contributed by atoms with Gasteiger partial charge in [0.25, 0.3) is 0 Å². The number of ketones is 2. The highest BCUT2D eigenvalue weighted by Gasteiger charge is 2.31. The van der Waals surface area contributed by atoms with Gasteiger partial charge in [0.2, 0.25) is 0 Å². The van der Waals surface area contributed by atoms with E-state index in [4.69, 9.17) is 9.84 Å². The SMILES string of the molecule is Cn1c(=O)n(C2CCC(=O)CC2=O)c2ccc(C#CCOCCCO)cc21. The summed E-state index contributed by atoms with van der Waals surface area (Å²) in [7, 11) is 1.66. The molecule has 0 radical (unpaired) electrons. The molecule has 1 atom stereocenters. The van der Waals surface area contributed by atoms with Gasteiger partial charge in [-0.2, -0.15) is 0 Å². The molecule has 142 valence electrons. The number of Topliss-reactive ketones (excluding diaryl/α,β-unsaturated/α-hetero) is 2. The van der Waals surface area contributed by atoms with Crippen LogP contribution in [0, 0.1) is 11.8 Å². The van der Waals surface area contributed by atoms with E-state index in [1.807, 2.05) is 6.07 Å². The number of hydrogen-bond acceptors (Lipinski definition) is 5. The first kappa shape index (κ1) is 19.1. The monoisotopic (exact) mass is 370 g/mol. The van der Waals surface area contributed by atoms with Crippen LogP contribution in [0.1, 0.15) is 37.3 Å². The Morgan fingerprint density at radius 2 is 2.07 bits per heavy atom. The fourth-order valence-corrected chi connectivity index (χ4v) is 3.30. The number of fused-ring (bicyclic) bond motifs is 1. The molecule has 1 aliphatic rings. The van der Waals surface area contributed by atoms with Crippen molar-refractivity contribution >= 4 is 22.6 Å². The van der Waals surface area contributed by atoms with Crippen LogP contribution in [0.15, 0.2) is 23.0 Å². The molecule has 7 heteroatoms. The average Bonchev–Trinajstić information content (AvgIpc) is 2.89. The number of carbonyl (C=O) groups is 2. The predicted molar refractivity (Wildman–Crippen MR) is 99.5 cm³/mol. The van der Waals surface area contributed by atoms with E-state index >= 15 is 0 Å². The van der Waals surface area contributed by atoms with Crippen molar-refractivity contribution in [1.29, 1.82) is 0 Å². The minimum atomic E-state index is -0.587. The first-order valence-electron chi connectivity index (χ1n) is 8.95. The third-order valence-corrected chi connectivity index (χ3v) is 4.69. The number of benzene rings is 1. The van der Waals surface area contributed by atoms with Crippen LogP contribution in [0.25, 0.3) is 11.0 Å². The Morgan fingerprint density at radius 1 is 1.26 bits per heavy atom. The summed E-state index contributed by atoms with van der Waals surface area (Å²) in [5.74, 6) is 5.62. The fraction of sp³-hybridized carbons (Fsp3) is 0.450. The van der Waals surface area contributed by atoms with Gasteiger partial charge in [-0.1, -0.05) is 11.8 Å². The van der Waals surface area contributed by atoms with Gasteiger partial charge < -0.3 is 9.84 Å². The van der Waals surface area contributed by atoms with E-state index < -0.39 is 6.04 Å². The molecule has 0 saturated heterocycles. The molecule has 1 aliphatic carbocycles. The lowest BCUT2D eigenvalue weighted by atomic mass is 9.93. The molecule has 1 aromatic carbocycles. The largest absolute Gasteiger partial charge is 0.396 e. The highest BCUT2D eigenvalue weighted by molar-refractivity contribution is 6.03. The summed E-state index contributed by atoms with van der Waals surface area (Å²) in [4.78, 5) is 36.5. The Labute approximate surface area is 156 Å². The Morgan fingerprint density at radius 3 is 2.81 bits per heavy atom. The topological polar surface area (TPSA) is 90.5 Å². The lowest BCUT2D eigenvalue weighted by Crippen LogP contribution is -2.34. The van der Waals surface area contributed by atoms with E-state index in [1.54, 1.807) is 19.2 Å². The van der Waals surface area contributed by atoms with Crippen LogP contribution in [0.5, 0.6) is 0 Å². The van der Waals surface area contributed by atoms with Gasteiger partial charge in [0.1, 0.15) is 12.4 Å². The Balaban J connectivity index is 1.87. The van der Waals surface area contributed by atoms with Gasteiger partial charge in [0, 0.05) is 25.6 Å². The molecule has 3 rings (SSSR count). The minimum Gasteiger partial charge on any atom is -0.396 e. The van der Waals surface area contributed by atoms with Gasteiger partial charge in [-0.15, -0.1) is 0 Å². The molecule has 1 unspecified atom stereocenters. The lowest BCUT2D eigenvalue weighted by Gasteiger charge is -2.21. The number of carbonyl (C=O) groups excluding carboxylic acids is 2. The third-order valence-electron chi connectivity index (χ3n) is 4.69. The quantitative estimate of drug-likeness (QED) is 0.481. The summed E-state index contributed by atoms with van der Waals surface area (Å²) >= 11 is 0. The van der Waals surface area contributed by atoms with Crippen molar-refractivity contribution in [2.75, 3.05) is 19.8 Å². The third kappa shape index (κ3) is 4.02. The number of ether oxygens (including phenoxy) is 1. The predicted octanol–water partition coefficient (Wildman–Crippen LogP) is 0.954. The molecule has 0 bridgehead atoms. The zero-order valence-electron chi connectivity index (χ0n) is 15.2. The number of nitrogens with zero attached hydrogens (tertiary/aromatic N) is 2. The second-order valence-electron chi connectivity index (χ2n) is 6.58. The lowest BCUT2D eigenvalue weighted by molar-refractivity contribution is -0.132. The maximum absolute atomic E-state index is 12.7. The van der Waals surface area contributed by atoms with E-state index in [2.05, 4.69) is 11.8 Å². The molecule has 7 nitrogen and oxygen atoms in total. The molecule has 1 heterocycles. The van der Waals surface area contributed by atoms with Crippen molar-refractivity contribution in [2.24, 2.45) is 7.05 Å². The van der Waals surface area contributed by atoms with E-state index in [0.717, 1.165) is 5.56 Å². The van der Waals surface area contributed by atoms with Crippen molar-refractivity contribution in [2.45, 2.75) is 31.7 Å². The van der Waals surface area contributed by atoms with E-state index in [1.165, 1.54) is 9.13 Å². The standard InChI is InChI=1S/C20H22N2O5/c1-21-18-12-14(4-2-10-27-11-3-9-23)5-7-16(18)22(20(21)26)17-8-6-15(24)13-19(17)25/h5,7,12,17,23H,3,6,8-11,13H2,1H3. The summed E-state index contributed by atoms with van der Waals surface area (Å²) in [5, 5.41) is 8.69. The normalized spacial score (nSPS) is 17.2. The zero-order valence-corrected chi connectivity index (χ0v) is 15.2. The number of aromatic nitrogens is 2. The number of imidazole rings is 1. The van der Waals surface area contributed by atoms with Crippen molar-refractivity contribution in [3.05, 3.63) is 34.2 Å². The number of aliphatic hydroxyl groups excluding tert-OH is 1. The zero-order chi connectivity index (χ0) is 19.4. The van der Waals surface area contributed by atoms with Gasteiger partial charge >= 0.3 is 5.69 Å². The van der Waals surface area contributed by atoms with E-state index in [9.17, 15) is 14.4 Å². The highest BCUT2D eigenvalue weighted by Crippen LogP contribution is 2.26. The van der Waals surface area contributed by atoms with Crippen molar-refractivity contribution in [3.63, 3.8) is 0 Å². The van der Waals surface area contributed by atoms with Crippen LogP contribution in [0.4, 0.5) is 0 Å². The number of rotatable bonds is 5. The van der Waals surface area contributed by atoms with Crippen LogP contribution >= 0.6 is 0 Å². The molecule has 1 aromatic heterocycles. The van der Waals surface area contributed by atoms with Crippen LogP contribution in [0.3, 0.4) is 0 Å². The summed E-state index contributed by atoms with van der Waals surface area (Å²) in [6.45, 7) is 0.814. The fourth-order valence-electron chi connectivity index (χ4n) is 3.30.